The summed E-state index contributed by atoms with van der Waals surface area (Å²) in [7, 11) is 0. The van der Waals surface area contributed by atoms with E-state index in [1.54, 1.807) is 6.92 Å². The zero-order valence-corrected chi connectivity index (χ0v) is 9.99. The molecule has 15 heavy (non-hydrogen) atoms. The van der Waals surface area contributed by atoms with Crippen LogP contribution in [0.3, 0.4) is 0 Å². The van der Waals surface area contributed by atoms with Gasteiger partial charge in [0.1, 0.15) is 0 Å². The summed E-state index contributed by atoms with van der Waals surface area (Å²) < 4.78 is 0. The first-order valence-corrected chi connectivity index (χ1v) is 5.66. The monoisotopic (exact) mass is 213 g/mol. The number of hydrogen-bond acceptors (Lipinski definition) is 3. The van der Waals surface area contributed by atoms with Gasteiger partial charge in [0.2, 0.25) is 5.91 Å². The standard InChI is InChI=1S/C11H23N3O/c1-8-6-9(2)14(7-8)5-4-11(3,13)10(12)15/h8-9H,4-7,13H2,1-3H3,(H2,12,15). The molecule has 0 aliphatic carbocycles. The van der Waals surface area contributed by atoms with Crippen molar-refractivity contribution in [1.82, 2.24) is 4.90 Å². The van der Waals surface area contributed by atoms with E-state index in [1.807, 2.05) is 0 Å². The molecule has 4 heteroatoms. The molecule has 1 saturated heterocycles. The molecule has 1 aliphatic heterocycles. The van der Waals surface area contributed by atoms with Crippen molar-refractivity contribution in [3.05, 3.63) is 0 Å². The normalized spacial score (nSPS) is 31.5. The van der Waals surface area contributed by atoms with E-state index in [0.717, 1.165) is 19.0 Å². The lowest BCUT2D eigenvalue weighted by Gasteiger charge is -2.26. The van der Waals surface area contributed by atoms with E-state index in [4.69, 9.17) is 11.5 Å². The molecule has 4 nitrogen and oxygen atoms in total. The fourth-order valence-electron chi connectivity index (χ4n) is 2.20. The number of primary amides is 1. The molecule has 0 saturated carbocycles. The molecular weight excluding hydrogens is 190 g/mol. The Kier molecular flexibility index (Phi) is 3.73. The maximum Gasteiger partial charge on any atom is 0.237 e. The lowest BCUT2D eigenvalue weighted by atomic mass is 9.98. The molecule has 0 aromatic rings. The highest BCUT2D eigenvalue weighted by molar-refractivity contribution is 5.83. The summed E-state index contributed by atoms with van der Waals surface area (Å²) in [6, 6.07) is 0.601. The first-order chi connectivity index (χ1) is 6.83. The van der Waals surface area contributed by atoms with Crippen LogP contribution < -0.4 is 11.5 Å². The topological polar surface area (TPSA) is 72.3 Å². The first-order valence-electron chi connectivity index (χ1n) is 5.66. The molecule has 1 rings (SSSR count). The third-order valence-electron chi connectivity index (χ3n) is 3.39. The Morgan fingerprint density at radius 2 is 2.13 bits per heavy atom. The third kappa shape index (κ3) is 3.18. The highest BCUT2D eigenvalue weighted by Gasteiger charge is 2.30. The fourth-order valence-corrected chi connectivity index (χ4v) is 2.20. The largest absolute Gasteiger partial charge is 0.368 e. The van der Waals surface area contributed by atoms with Gasteiger partial charge in [-0.2, -0.15) is 0 Å². The van der Waals surface area contributed by atoms with E-state index in [1.165, 1.54) is 6.42 Å². The Morgan fingerprint density at radius 1 is 1.53 bits per heavy atom. The quantitative estimate of drug-likeness (QED) is 0.706. The highest BCUT2D eigenvalue weighted by Crippen LogP contribution is 2.23. The number of nitrogens with two attached hydrogens (primary N) is 2. The van der Waals surface area contributed by atoms with Gasteiger partial charge in [-0.05, 0) is 32.6 Å². The Bertz CT molecular complexity index is 240. The van der Waals surface area contributed by atoms with Gasteiger partial charge in [-0.15, -0.1) is 0 Å². The number of likely N-dealkylation sites (tertiary alicyclic amines) is 1. The number of nitrogens with zero attached hydrogens (tertiary/aromatic N) is 1. The molecule has 0 radical (unpaired) electrons. The minimum atomic E-state index is -0.869. The van der Waals surface area contributed by atoms with Crippen molar-refractivity contribution < 1.29 is 4.79 Å². The van der Waals surface area contributed by atoms with Crippen molar-refractivity contribution in [3.8, 4) is 0 Å². The molecule has 1 amide bonds. The van der Waals surface area contributed by atoms with Gasteiger partial charge in [0.15, 0.2) is 0 Å². The van der Waals surface area contributed by atoms with Crippen LogP contribution in [0, 0.1) is 5.92 Å². The van der Waals surface area contributed by atoms with Gasteiger partial charge in [0.25, 0.3) is 0 Å². The molecule has 1 fully saturated rings. The van der Waals surface area contributed by atoms with Crippen molar-refractivity contribution in [2.24, 2.45) is 17.4 Å². The van der Waals surface area contributed by atoms with Crippen LogP contribution in [0.4, 0.5) is 0 Å². The summed E-state index contributed by atoms with van der Waals surface area (Å²) in [5, 5.41) is 0. The molecule has 3 unspecified atom stereocenters. The van der Waals surface area contributed by atoms with Crippen LogP contribution in [-0.2, 0) is 4.79 Å². The predicted octanol–water partition coefficient (Wildman–Crippen LogP) is 0.310. The number of carbonyl (C=O) groups is 1. The Morgan fingerprint density at radius 3 is 2.53 bits per heavy atom. The summed E-state index contributed by atoms with van der Waals surface area (Å²) in [5.74, 6) is 0.333. The summed E-state index contributed by atoms with van der Waals surface area (Å²) in [6.45, 7) is 8.16. The van der Waals surface area contributed by atoms with E-state index in [2.05, 4.69) is 18.7 Å². The minimum absolute atomic E-state index is 0.414. The molecule has 0 aromatic heterocycles. The average Bonchev–Trinajstić information content (AvgIpc) is 2.41. The maximum absolute atomic E-state index is 11.1. The zero-order valence-electron chi connectivity index (χ0n) is 9.99. The minimum Gasteiger partial charge on any atom is -0.368 e. The third-order valence-corrected chi connectivity index (χ3v) is 3.39. The molecule has 0 spiro atoms. The SMILES string of the molecule is CC1CC(C)N(CCC(C)(N)C(N)=O)C1. The molecule has 88 valence electrons. The van der Waals surface area contributed by atoms with Gasteiger partial charge >= 0.3 is 0 Å². The first kappa shape index (κ1) is 12.5. The van der Waals surface area contributed by atoms with Crippen molar-refractivity contribution in [2.45, 2.75) is 45.2 Å². The number of amides is 1. The number of hydrogen-bond donors (Lipinski definition) is 2. The lowest BCUT2D eigenvalue weighted by molar-refractivity contribution is -0.122. The molecule has 0 aromatic carbocycles. The van der Waals surface area contributed by atoms with Crippen LogP contribution in [-0.4, -0.2) is 35.5 Å². The molecular formula is C11H23N3O. The van der Waals surface area contributed by atoms with Gasteiger partial charge in [0.05, 0.1) is 5.54 Å². The summed E-state index contributed by atoms with van der Waals surface area (Å²) >= 11 is 0. The molecule has 1 heterocycles. The Hall–Kier alpha value is -0.610. The number of rotatable bonds is 4. The second kappa shape index (κ2) is 4.49. The van der Waals surface area contributed by atoms with E-state index in [9.17, 15) is 4.79 Å². The predicted molar refractivity (Wildman–Crippen MR) is 61.2 cm³/mol. The fraction of sp³-hybridized carbons (Fsp3) is 0.909. The van der Waals surface area contributed by atoms with E-state index >= 15 is 0 Å². The van der Waals surface area contributed by atoms with Crippen LogP contribution in [0.25, 0.3) is 0 Å². The Balaban J connectivity index is 2.40. The van der Waals surface area contributed by atoms with Crippen molar-refractivity contribution in [1.29, 1.82) is 0 Å². The van der Waals surface area contributed by atoms with Crippen LogP contribution in [0.2, 0.25) is 0 Å². The van der Waals surface area contributed by atoms with Crippen molar-refractivity contribution in [3.63, 3.8) is 0 Å². The van der Waals surface area contributed by atoms with Gasteiger partial charge in [-0.25, -0.2) is 0 Å². The Labute approximate surface area is 92.0 Å². The van der Waals surface area contributed by atoms with Gasteiger partial charge in [-0.1, -0.05) is 6.92 Å². The summed E-state index contributed by atoms with van der Waals surface area (Å²) in [5.41, 5.74) is 10.2. The summed E-state index contributed by atoms with van der Waals surface area (Å²) in [4.78, 5) is 13.4. The highest BCUT2D eigenvalue weighted by atomic mass is 16.1. The summed E-state index contributed by atoms with van der Waals surface area (Å²) in [6.07, 6.45) is 1.87. The van der Waals surface area contributed by atoms with Crippen molar-refractivity contribution in [2.75, 3.05) is 13.1 Å². The van der Waals surface area contributed by atoms with Crippen LogP contribution in [0.1, 0.15) is 33.6 Å². The van der Waals surface area contributed by atoms with Gasteiger partial charge < -0.3 is 16.4 Å². The van der Waals surface area contributed by atoms with Gasteiger partial charge in [0, 0.05) is 19.1 Å². The second-order valence-electron chi connectivity index (χ2n) is 5.22. The average molecular weight is 213 g/mol. The molecule has 3 atom stereocenters. The van der Waals surface area contributed by atoms with Crippen LogP contribution >= 0.6 is 0 Å². The second-order valence-corrected chi connectivity index (χ2v) is 5.22. The maximum atomic E-state index is 11.1. The van der Waals surface area contributed by atoms with E-state index in [0.29, 0.717) is 12.5 Å². The lowest BCUT2D eigenvalue weighted by Crippen LogP contribution is -2.51. The molecule has 0 bridgehead atoms. The van der Waals surface area contributed by atoms with E-state index in [-0.39, 0.29) is 0 Å². The van der Waals surface area contributed by atoms with E-state index < -0.39 is 11.4 Å². The van der Waals surface area contributed by atoms with Gasteiger partial charge in [-0.3, -0.25) is 4.79 Å². The smallest absolute Gasteiger partial charge is 0.237 e. The molecule has 4 N–H and O–H groups in total. The van der Waals surface area contributed by atoms with Crippen molar-refractivity contribution >= 4 is 5.91 Å². The zero-order chi connectivity index (χ0) is 11.6. The van der Waals surface area contributed by atoms with Crippen LogP contribution in [0.15, 0.2) is 0 Å². The van der Waals surface area contributed by atoms with Crippen LogP contribution in [0.5, 0.6) is 0 Å². The number of carbonyl (C=O) groups excluding carboxylic acids is 1. The molecule has 1 aliphatic rings.